The lowest BCUT2D eigenvalue weighted by Crippen LogP contribution is -2.07. The fourth-order valence-electron chi connectivity index (χ4n) is 2.58. The van der Waals surface area contributed by atoms with Gasteiger partial charge >= 0.3 is 0 Å². The first-order valence-corrected chi connectivity index (χ1v) is 7.26. The molecular weight excluding hydrogens is 318 g/mol. The molecule has 1 aromatic carbocycles. The zero-order valence-electron chi connectivity index (χ0n) is 18.7. The second-order valence-electron chi connectivity index (χ2n) is 5.20. The first-order valence-electron chi connectivity index (χ1n) is 10.3. The van der Waals surface area contributed by atoms with E-state index in [4.69, 9.17) is 12.6 Å². The number of benzene rings is 1. The lowest BCUT2D eigenvalue weighted by molar-refractivity contribution is -0.114. The summed E-state index contributed by atoms with van der Waals surface area (Å²) in [6, 6.07) is 8.53. The van der Waals surface area contributed by atoms with Gasteiger partial charge in [0.05, 0.1) is 5.56 Å². The van der Waals surface area contributed by atoms with Crippen LogP contribution in [0.4, 0.5) is 11.6 Å². The van der Waals surface area contributed by atoms with Gasteiger partial charge < -0.3 is 15.1 Å². The van der Waals surface area contributed by atoms with Crippen LogP contribution in [0.5, 0.6) is 0 Å². The molecule has 124 valence electrons. The van der Waals surface area contributed by atoms with E-state index in [0.717, 1.165) is 0 Å². The van der Waals surface area contributed by atoms with Crippen LogP contribution in [0.15, 0.2) is 47.1 Å². The largest absolute Gasteiger partial charge is 0.436 e. The van der Waals surface area contributed by atoms with Gasteiger partial charge in [0, 0.05) is 45.2 Å². The molecule has 7 nitrogen and oxygen atoms in total. The van der Waals surface area contributed by atoms with Crippen molar-refractivity contribution in [3.8, 4) is 11.5 Å². The minimum atomic E-state index is -2.86. The number of amides is 1. The molecule has 0 aliphatic carbocycles. The Hall–Kier alpha value is -3.48. The van der Waals surface area contributed by atoms with Crippen LogP contribution in [0.1, 0.15) is 15.1 Å². The van der Waals surface area contributed by atoms with Crippen molar-refractivity contribution in [3.63, 3.8) is 0 Å². The van der Waals surface area contributed by atoms with Gasteiger partial charge in [-0.3, -0.25) is 4.79 Å². The molecule has 4 aromatic rings. The van der Waals surface area contributed by atoms with Crippen LogP contribution in [0.25, 0.3) is 33.3 Å². The summed E-state index contributed by atoms with van der Waals surface area (Å²) in [5.41, 5.74) is 1.56. The Morgan fingerprint density at radius 3 is 2.96 bits per heavy atom. The Morgan fingerprint density at radius 1 is 1.20 bits per heavy atom. The number of nitrogens with zero attached hydrogens (tertiary/aromatic N) is 3. The molecule has 0 bridgehead atoms. The minimum absolute atomic E-state index is 0.0305. The molecule has 7 heteroatoms. The first kappa shape index (κ1) is 9.73. The smallest absolute Gasteiger partial charge is 0.229 e. The number of nitrogens with one attached hydrogen (secondary N) is 2. The summed E-state index contributed by atoms with van der Waals surface area (Å²) in [5, 5.41) is 5.29. The van der Waals surface area contributed by atoms with Crippen molar-refractivity contribution in [2.24, 2.45) is 0 Å². The lowest BCUT2D eigenvalue weighted by Gasteiger charge is -2.09. The molecule has 0 radical (unpaired) electrons. The molecule has 3 aromatic heterocycles. The number of hydrogen-bond acceptors (Lipinski definition) is 6. The van der Waals surface area contributed by atoms with Crippen molar-refractivity contribution in [1.29, 1.82) is 0 Å². The van der Waals surface area contributed by atoms with Gasteiger partial charge in [0.15, 0.2) is 5.58 Å². The normalized spacial score (nSPS) is 15.5. The molecule has 25 heavy (non-hydrogen) atoms. The quantitative estimate of drug-likeness (QED) is 0.594. The number of hydrogen-bond donors (Lipinski definition) is 2. The Kier molecular flexibility index (Phi) is 2.28. The van der Waals surface area contributed by atoms with Gasteiger partial charge in [-0.05, 0) is 18.2 Å². The molecule has 0 fully saturated rings. The highest BCUT2D eigenvalue weighted by Crippen LogP contribution is 2.33. The van der Waals surface area contributed by atoms with Crippen LogP contribution in [0, 0.1) is 0 Å². The molecule has 0 atom stereocenters. The van der Waals surface area contributed by atoms with Gasteiger partial charge in [-0.15, -0.1) is 0 Å². The highest BCUT2D eigenvalue weighted by atomic mass is 16.3. The number of para-hydroxylation sites is 2. The topological polar surface area (TPSA) is 92.9 Å². The number of pyridine rings is 2. The van der Waals surface area contributed by atoms with E-state index in [-0.39, 0.29) is 17.5 Å². The van der Waals surface area contributed by atoms with Crippen LogP contribution >= 0.6 is 0 Å². The molecule has 0 aliphatic rings. The SMILES string of the molecule is [2H]C([2H])([2H])Nc1ncc(-c2nc3ccccc3o2)c2cc(NC(=O)C([2H])([2H])[2H])ncc12. The van der Waals surface area contributed by atoms with Gasteiger partial charge in [-0.2, -0.15) is 0 Å². The fraction of sp³-hybridized carbons (Fsp3) is 0.111. The predicted octanol–water partition coefficient (Wildman–Crippen LogP) is 3.44. The van der Waals surface area contributed by atoms with E-state index in [2.05, 4.69) is 25.6 Å². The zero-order valence-corrected chi connectivity index (χ0v) is 12.7. The third-order valence-corrected chi connectivity index (χ3v) is 3.66. The molecule has 0 aliphatic heterocycles. The van der Waals surface area contributed by atoms with Crippen molar-refractivity contribution < 1.29 is 17.4 Å². The Bertz CT molecular complexity index is 1270. The molecule has 0 unspecified atom stereocenters. The second kappa shape index (κ2) is 5.86. The van der Waals surface area contributed by atoms with Crippen molar-refractivity contribution in [1.82, 2.24) is 15.0 Å². The van der Waals surface area contributed by atoms with E-state index in [1.807, 2.05) is 0 Å². The zero-order chi connectivity index (χ0) is 22.4. The van der Waals surface area contributed by atoms with E-state index in [0.29, 0.717) is 27.4 Å². The number of carbonyl (C=O) groups excluding carboxylic acids is 1. The van der Waals surface area contributed by atoms with E-state index in [9.17, 15) is 4.79 Å². The Balaban J connectivity index is 1.88. The monoisotopic (exact) mass is 339 g/mol. The highest BCUT2D eigenvalue weighted by Gasteiger charge is 2.15. The van der Waals surface area contributed by atoms with E-state index >= 15 is 0 Å². The van der Waals surface area contributed by atoms with Gasteiger partial charge in [-0.25, -0.2) is 15.0 Å². The number of carbonyl (C=O) groups is 1. The summed E-state index contributed by atoms with van der Waals surface area (Å²) >= 11 is 0. The summed E-state index contributed by atoms with van der Waals surface area (Å²) < 4.78 is 49.8. The van der Waals surface area contributed by atoms with Crippen LogP contribution in [-0.4, -0.2) is 27.8 Å². The van der Waals surface area contributed by atoms with E-state index in [1.54, 1.807) is 24.3 Å². The van der Waals surface area contributed by atoms with Crippen LogP contribution in [-0.2, 0) is 4.79 Å². The van der Waals surface area contributed by atoms with Crippen LogP contribution in [0.2, 0.25) is 0 Å². The third-order valence-electron chi connectivity index (χ3n) is 3.66. The van der Waals surface area contributed by atoms with Crippen molar-refractivity contribution >= 4 is 39.4 Å². The van der Waals surface area contributed by atoms with Gasteiger partial charge in [0.25, 0.3) is 0 Å². The molecular formula is C18H15N5O2. The Morgan fingerprint density at radius 2 is 2.12 bits per heavy atom. The molecule has 2 N–H and O–H groups in total. The summed E-state index contributed by atoms with van der Waals surface area (Å²) in [6.45, 7) is -5.36. The predicted molar refractivity (Wildman–Crippen MR) is 96.4 cm³/mol. The number of aromatic nitrogens is 3. The summed E-state index contributed by atoms with van der Waals surface area (Å²) in [6.07, 6.45) is 2.67. The maximum absolute atomic E-state index is 11.9. The van der Waals surface area contributed by atoms with Gasteiger partial charge in [0.2, 0.25) is 11.8 Å². The van der Waals surface area contributed by atoms with E-state index in [1.165, 1.54) is 18.5 Å². The molecule has 0 saturated carbocycles. The van der Waals surface area contributed by atoms with Crippen LogP contribution in [0.3, 0.4) is 0 Å². The van der Waals surface area contributed by atoms with Crippen molar-refractivity contribution in [2.45, 2.75) is 6.85 Å². The average molecular weight is 339 g/mol. The Labute approximate surface area is 151 Å². The lowest BCUT2D eigenvalue weighted by atomic mass is 10.1. The second-order valence-corrected chi connectivity index (χ2v) is 5.20. The number of oxazole rings is 1. The van der Waals surface area contributed by atoms with Gasteiger partial charge in [-0.1, -0.05) is 12.1 Å². The highest BCUT2D eigenvalue weighted by molar-refractivity contribution is 6.02. The maximum Gasteiger partial charge on any atom is 0.229 e. The van der Waals surface area contributed by atoms with Crippen molar-refractivity contribution in [3.05, 3.63) is 42.7 Å². The number of rotatable bonds is 3. The number of fused-ring (bicyclic) bond motifs is 2. The molecule has 1 amide bonds. The molecule has 3 heterocycles. The first-order chi connectivity index (χ1) is 14.5. The standard InChI is InChI=1S/C18H15N5O2/c1-10(24)22-16-7-11-12(8-20-16)17(19-2)21-9-13(11)18-23-14-5-3-4-6-15(14)25-18/h3-9H,1-2H3,(H,19,21)(H,20,22,24)/i1D3,2D3. The fourth-order valence-corrected chi connectivity index (χ4v) is 2.58. The van der Waals surface area contributed by atoms with Crippen molar-refractivity contribution in [2.75, 3.05) is 17.6 Å². The summed E-state index contributed by atoms with van der Waals surface area (Å²) in [7, 11) is 0. The van der Waals surface area contributed by atoms with Crippen LogP contribution < -0.4 is 10.6 Å². The van der Waals surface area contributed by atoms with E-state index < -0.39 is 19.7 Å². The summed E-state index contributed by atoms with van der Waals surface area (Å²) in [5.74, 6) is -0.968. The summed E-state index contributed by atoms with van der Waals surface area (Å²) in [4.78, 5) is 24.5. The minimum Gasteiger partial charge on any atom is -0.436 e. The molecule has 0 spiro atoms. The third kappa shape index (κ3) is 2.65. The number of anilines is 2. The average Bonchev–Trinajstić information content (AvgIpc) is 3.10. The molecule has 4 rings (SSSR count). The maximum atomic E-state index is 11.9. The van der Waals surface area contributed by atoms with Gasteiger partial charge in [0.1, 0.15) is 17.2 Å². The molecule has 0 saturated heterocycles.